The van der Waals surface area contributed by atoms with Gasteiger partial charge in [-0.1, -0.05) is 11.2 Å². The molecule has 0 aromatic carbocycles. The maximum absolute atomic E-state index is 10.5. The largest absolute Gasteiger partial charge is 0.616 e. The summed E-state index contributed by atoms with van der Waals surface area (Å²) in [4.78, 5) is 0. The topological polar surface area (TPSA) is 23.1 Å². The third kappa shape index (κ3) is 2.94. The minimum atomic E-state index is -0.794. The molecule has 0 bridgehead atoms. The molecule has 0 N–H and O–H groups in total. The first-order valence-corrected chi connectivity index (χ1v) is 3.69. The second kappa shape index (κ2) is 2.05. The summed E-state index contributed by atoms with van der Waals surface area (Å²) in [5.74, 6) is 0. The van der Waals surface area contributed by atoms with Gasteiger partial charge in [0.15, 0.2) is 0 Å². The van der Waals surface area contributed by atoms with E-state index in [0.717, 1.165) is 0 Å². The van der Waals surface area contributed by atoms with Gasteiger partial charge in [0, 0.05) is 6.92 Å². The minimum absolute atomic E-state index is 0.278. The van der Waals surface area contributed by atoms with Crippen LogP contribution in [0.2, 0.25) is 0 Å². The van der Waals surface area contributed by atoms with Crippen LogP contribution >= 0.6 is 0 Å². The molecule has 0 amide bonds. The van der Waals surface area contributed by atoms with Gasteiger partial charge in [0.1, 0.15) is 4.75 Å². The van der Waals surface area contributed by atoms with E-state index < -0.39 is 11.2 Å². The highest BCUT2D eigenvalue weighted by Gasteiger charge is 2.19. The zero-order chi connectivity index (χ0) is 6.08. The lowest BCUT2D eigenvalue weighted by Crippen LogP contribution is -2.26. The van der Waals surface area contributed by atoms with E-state index in [4.69, 9.17) is 0 Å². The summed E-state index contributed by atoms with van der Waals surface area (Å²) in [6, 6.07) is 0. The molecule has 0 aliphatic rings. The highest BCUT2D eigenvalue weighted by Crippen LogP contribution is 2.11. The highest BCUT2D eigenvalue weighted by molar-refractivity contribution is 7.92. The molecule has 1 unspecified atom stereocenters. The predicted molar refractivity (Wildman–Crippen MR) is 33.5 cm³/mol. The standard InChI is InChI=1S/C5H11OS/c1-5(2,3)7(4)6/h1H2,2-4H3. The van der Waals surface area contributed by atoms with Crippen LogP contribution in [0.5, 0.6) is 0 Å². The molecule has 0 aromatic heterocycles. The molecule has 7 heavy (non-hydrogen) atoms. The third-order valence-electron chi connectivity index (χ3n) is 0.778. The molecule has 1 radical (unpaired) electrons. The van der Waals surface area contributed by atoms with Gasteiger partial charge in [-0.15, -0.1) is 0 Å². The predicted octanol–water partition coefficient (Wildman–Crippen LogP) is 0.978. The van der Waals surface area contributed by atoms with Crippen molar-refractivity contribution >= 4 is 11.2 Å². The zero-order valence-corrected chi connectivity index (χ0v) is 5.84. The summed E-state index contributed by atoms with van der Waals surface area (Å²) in [5.41, 5.74) is 0. The van der Waals surface area contributed by atoms with Gasteiger partial charge in [-0.2, -0.15) is 0 Å². The van der Waals surface area contributed by atoms with Gasteiger partial charge < -0.3 is 4.55 Å². The molecule has 0 rings (SSSR count). The summed E-state index contributed by atoms with van der Waals surface area (Å²) < 4.78 is 10.2. The van der Waals surface area contributed by atoms with Gasteiger partial charge in [-0.3, -0.25) is 0 Å². The highest BCUT2D eigenvalue weighted by atomic mass is 32.2. The number of hydrogen-bond acceptors (Lipinski definition) is 1. The average Bonchev–Trinajstić information content (AvgIpc) is 1.31. The molecule has 2 heteroatoms. The molecule has 0 heterocycles. The quantitative estimate of drug-likeness (QED) is 0.472. The number of rotatable bonds is 1. The van der Waals surface area contributed by atoms with E-state index in [2.05, 4.69) is 6.92 Å². The molecule has 1 atom stereocenters. The SMILES string of the molecule is [CH2]C(C)(C)[S+](C)[O-]. The van der Waals surface area contributed by atoms with Crippen LogP contribution in [-0.2, 0) is 11.2 Å². The maximum atomic E-state index is 10.5. The van der Waals surface area contributed by atoms with Gasteiger partial charge in [0.25, 0.3) is 0 Å². The lowest BCUT2D eigenvalue weighted by atomic mass is 10.3. The van der Waals surface area contributed by atoms with Gasteiger partial charge in [0.05, 0.1) is 6.26 Å². The minimum Gasteiger partial charge on any atom is -0.616 e. The van der Waals surface area contributed by atoms with Gasteiger partial charge in [-0.05, 0) is 13.8 Å². The molecule has 1 nitrogen and oxygen atoms in total. The maximum Gasteiger partial charge on any atom is 0.120 e. The van der Waals surface area contributed by atoms with Crippen LogP contribution in [-0.4, -0.2) is 15.6 Å². The van der Waals surface area contributed by atoms with E-state index >= 15 is 0 Å². The molecular weight excluding hydrogens is 108 g/mol. The van der Waals surface area contributed by atoms with Crippen molar-refractivity contribution < 1.29 is 4.55 Å². The average molecular weight is 119 g/mol. The van der Waals surface area contributed by atoms with Crippen molar-refractivity contribution in [1.82, 2.24) is 0 Å². The zero-order valence-electron chi connectivity index (χ0n) is 5.02. The van der Waals surface area contributed by atoms with E-state index in [0.29, 0.717) is 0 Å². The second-order valence-corrected chi connectivity index (χ2v) is 4.23. The van der Waals surface area contributed by atoms with Crippen molar-refractivity contribution in [2.45, 2.75) is 18.6 Å². The Kier molecular flexibility index (Phi) is 2.14. The first kappa shape index (κ1) is 7.31. The fraction of sp³-hybridized carbons (Fsp3) is 0.800. The van der Waals surface area contributed by atoms with Crippen LogP contribution in [0, 0.1) is 6.92 Å². The van der Waals surface area contributed by atoms with Crippen molar-refractivity contribution in [3.8, 4) is 0 Å². The van der Waals surface area contributed by atoms with Crippen molar-refractivity contribution in [3.63, 3.8) is 0 Å². The van der Waals surface area contributed by atoms with Crippen LogP contribution in [0.3, 0.4) is 0 Å². The van der Waals surface area contributed by atoms with Crippen molar-refractivity contribution in [2.24, 2.45) is 0 Å². The van der Waals surface area contributed by atoms with Gasteiger partial charge in [0.2, 0.25) is 0 Å². The first-order chi connectivity index (χ1) is 2.94. The Bertz CT molecular complexity index is 53.6. The van der Waals surface area contributed by atoms with Crippen LogP contribution in [0.25, 0.3) is 0 Å². The molecule has 0 spiro atoms. The molecular formula is C5H11OS. The van der Waals surface area contributed by atoms with Crippen LogP contribution in [0.1, 0.15) is 13.8 Å². The summed E-state index contributed by atoms with van der Waals surface area (Å²) >= 11 is -0.794. The molecule has 0 aliphatic heterocycles. The summed E-state index contributed by atoms with van der Waals surface area (Å²) in [5, 5.41) is 0. The van der Waals surface area contributed by atoms with E-state index in [1.807, 2.05) is 13.8 Å². The van der Waals surface area contributed by atoms with E-state index in [1.54, 1.807) is 6.26 Å². The Labute approximate surface area is 48.3 Å². The van der Waals surface area contributed by atoms with Crippen molar-refractivity contribution in [2.75, 3.05) is 6.26 Å². The monoisotopic (exact) mass is 119 g/mol. The van der Waals surface area contributed by atoms with Crippen molar-refractivity contribution in [3.05, 3.63) is 6.92 Å². The summed E-state index contributed by atoms with van der Waals surface area (Å²) in [7, 11) is 0. The second-order valence-electron chi connectivity index (χ2n) is 2.21. The fourth-order valence-corrected chi connectivity index (χ4v) is 0. The Balaban J connectivity index is 3.54. The normalized spacial score (nSPS) is 16.7. The Hall–Kier alpha value is 0.310. The van der Waals surface area contributed by atoms with Crippen LogP contribution in [0.4, 0.5) is 0 Å². The Morgan fingerprint density at radius 2 is 1.71 bits per heavy atom. The number of hydrogen-bond donors (Lipinski definition) is 0. The van der Waals surface area contributed by atoms with E-state index in [-0.39, 0.29) is 4.75 Å². The lowest BCUT2D eigenvalue weighted by Gasteiger charge is -2.19. The van der Waals surface area contributed by atoms with E-state index in [9.17, 15) is 4.55 Å². The molecule has 0 saturated heterocycles. The van der Waals surface area contributed by atoms with E-state index in [1.165, 1.54) is 0 Å². The lowest BCUT2D eigenvalue weighted by molar-refractivity contribution is 0.577. The third-order valence-corrected chi connectivity index (χ3v) is 2.33. The smallest absolute Gasteiger partial charge is 0.120 e. The molecule has 0 aliphatic carbocycles. The molecule has 0 aromatic rings. The summed E-state index contributed by atoms with van der Waals surface area (Å²) in [6.45, 7) is 7.37. The Morgan fingerprint density at radius 1 is 1.57 bits per heavy atom. The first-order valence-electron chi connectivity index (χ1n) is 2.13. The van der Waals surface area contributed by atoms with Crippen LogP contribution in [0.15, 0.2) is 0 Å². The Morgan fingerprint density at radius 3 is 1.71 bits per heavy atom. The van der Waals surface area contributed by atoms with Crippen molar-refractivity contribution in [1.29, 1.82) is 0 Å². The molecule has 0 saturated carbocycles. The molecule has 0 fully saturated rings. The molecule has 43 valence electrons. The van der Waals surface area contributed by atoms with Gasteiger partial charge in [-0.25, -0.2) is 0 Å². The van der Waals surface area contributed by atoms with Crippen LogP contribution < -0.4 is 0 Å². The fourth-order valence-electron chi connectivity index (χ4n) is 0. The summed E-state index contributed by atoms with van der Waals surface area (Å²) in [6.07, 6.45) is 1.66. The van der Waals surface area contributed by atoms with Gasteiger partial charge >= 0.3 is 0 Å².